The summed E-state index contributed by atoms with van der Waals surface area (Å²) in [6, 6.07) is 3.30. The van der Waals surface area contributed by atoms with Crippen molar-refractivity contribution >= 4 is 12.3 Å². The van der Waals surface area contributed by atoms with Gasteiger partial charge in [-0.2, -0.15) is 0 Å². The second-order valence-corrected chi connectivity index (χ2v) is 5.58. The van der Waals surface area contributed by atoms with Crippen molar-refractivity contribution in [3.8, 4) is 11.5 Å². The Hall–Kier alpha value is -2.10. The lowest BCUT2D eigenvalue weighted by Gasteiger charge is -2.21. The van der Waals surface area contributed by atoms with E-state index in [1.54, 1.807) is 18.2 Å². The monoisotopic (exact) mass is 302 g/mol. The van der Waals surface area contributed by atoms with E-state index in [1.807, 2.05) is 0 Å². The zero-order valence-electron chi connectivity index (χ0n) is 13.0. The molecule has 0 heterocycles. The summed E-state index contributed by atoms with van der Waals surface area (Å²) in [5, 5.41) is 0. The van der Waals surface area contributed by atoms with Crippen molar-refractivity contribution in [3.63, 3.8) is 0 Å². The van der Waals surface area contributed by atoms with E-state index in [0.717, 1.165) is 37.5 Å². The Morgan fingerprint density at radius 2 is 2.05 bits per heavy atom. The van der Waals surface area contributed by atoms with Gasteiger partial charge in [-0.1, -0.05) is 25.3 Å². The van der Waals surface area contributed by atoms with Crippen molar-refractivity contribution in [1.82, 2.24) is 0 Å². The van der Waals surface area contributed by atoms with Gasteiger partial charge in [0.15, 0.2) is 11.5 Å². The van der Waals surface area contributed by atoms with Crippen LogP contribution in [0.5, 0.6) is 11.5 Å². The van der Waals surface area contributed by atoms with Crippen molar-refractivity contribution in [3.05, 3.63) is 35.9 Å². The molecule has 4 heteroatoms. The fraction of sp³-hybridized carbons (Fsp3) is 0.444. The van der Waals surface area contributed by atoms with E-state index in [0.29, 0.717) is 23.5 Å². The number of methoxy groups -OCH3 is 1. The number of esters is 1. The van der Waals surface area contributed by atoms with Crippen molar-refractivity contribution in [2.75, 3.05) is 7.11 Å². The van der Waals surface area contributed by atoms with Gasteiger partial charge in [-0.05, 0) is 31.4 Å². The van der Waals surface area contributed by atoms with Gasteiger partial charge >= 0.3 is 5.97 Å². The largest absolute Gasteiger partial charge is 0.493 e. The third-order valence-corrected chi connectivity index (χ3v) is 4.02. The average molecular weight is 302 g/mol. The normalized spacial score (nSPS) is 15.1. The Labute approximate surface area is 131 Å². The molecule has 0 N–H and O–H groups in total. The van der Waals surface area contributed by atoms with Gasteiger partial charge in [-0.15, -0.1) is 6.58 Å². The standard InChI is InChI=1S/C18H22O4/c1-3-7-15-10-13(12-19)11-16(21-2)17(15)22-18(20)14-8-5-4-6-9-14/h3,10-12,14H,1,4-9H2,2H3. The van der Waals surface area contributed by atoms with Crippen LogP contribution < -0.4 is 9.47 Å². The number of aldehydes is 1. The minimum atomic E-state index is -0.206. The molecule has 0 aliphatic heterocycles. The zero-order valence-corrected chi connectivity index (χ0v) is 13.0. The predicted octanol–water partition coefficient (Wildman–Crippen LogP) is 3.72. The summed E-state index contributed by atoms with van der Waals surface area (Å²) in [6.07, 6.45) is 8.05. The Kier molecular flexibility index (Phi) is 5.75. The quantitative estimate of drug-likeness (QED) is 0.348. The molecule has 1 aliphatic carbocycles. The molecular weight excluding hydrogens is 280 g/mol. The van der Waals surface area contributed by atoms with Crippen LogP contribution in [0, 0.1) is 5.92 Å². The van der Waals surface area contributed by atoms with Crippen LogP contribution in [0.4, 0.5) is 0 Å². The van der Waals surface area contributed by atoms with Gasteiger partial charge in [0.05, 0.1) is 13.0 Å². The first-order valence-electron chi connectivity index (χ1n) is 7.68. The first-order valence-corrected chi connectivity index (χ1v) is 7.68. The number of hydrogen-bond donors (Lipinski definition) is 0. The number of hydrogen-bond acceptors (Lipinski definition) is 4. The molecule has 0 atom stereocenters. The summed E-state index contributed by atoms with van der Waals surface area (Å²) in [4.78, 5) is 23.4. The van der Waals surface area contributed by atoms with Crippen molar-refractivity contribution < 1.29 is 19.1 Å². The summed E-state index contributed by atoms with van der Waals surface area (Å²) in [5.41, 5.74) is 1.23. The molecule has 1 fully saturated rings. The Bertz CT molecular complexity index is 556. The third kappa shape index (κ3) is 3.75. The minimum Gasteiger partial charge on any atom is -0.493 e. The van der Waals surface area contributed by atoms with E-state index >= 15 is 0 Å². The van der Waals surface area contributed by atoms with Gasteiger partial charge in [0.2, 0.25) is 0 Å². The lowest BCUT2D eigenvalue weighted by Crippen LogP contribution is -2.23. The Morgan fingerprint density at radius 1 is 1.32 bits per heavy atom. The van der Waals surface area contributed by atoms with E-state index in [2.05, 4.69) is 6.58 Å². The van der Waals surface area contributed by atoms with Crippen LogP contribution in [0.15, 0.2) is 24.8 Å². The molecule has 0 aromatic heterocycles. The molecular formula is C18H22O4. The topological polar surface area (TPSA) is 52.6 Å². The Morgan fingerprint density at radius 3 is 2.64 bits per heavy atom. The van der Waals surface area contributed by atoms with Crippen LogP contribution >= 0.6 is 0 Å². The zero-order chi connectivity index (χ0) is 15.9. The molecule has 118 valence electrons. The first kappa shape index (κ1) is 16.3. The van der Waals surface area contributed by atoms with Gasteiger partial charge in [0.1, 0.15) is 6.29 Å². The summed E-state index contributed by atoms with van der Waals surface area (Å²) in [7, 11) is 1.50. The molecule has 0 radical (unpaired) electrons. The molecule has 22 heavy (non-hydrogen) atoms. The second kappa shape index (κ2) is 7.78. The Balaban J connectivity index is 2.28. The molecule has 0 unspecified atom stereocenters. The minimum absolute atomic E-state index is 0.0409. The predicted molar refractivity (Wildman–Crippen MR) is 84.5 cm³/mol. The van der Waals surface area contributed by atoms with Crippen LogP contribution in [-0.4, -0.2) is 19.4 Å². The van der Waals surface area contributed by atoms with E-state index in [9.17, 15) is 9.59 Å². The highest BCUT2D eigenvalue weighted by Crippen LogP contribution is 2.35. The first-order chi connectivity index (χ1) is 10.7. The number of benzene rings is 1. The van der Waals surface area contributed by atoms with Crippen LogP contribution in [0.1, 0.15) is 48.0 Å². The van der Waals surface area contributed by atoms with E-state index in [-0.39, 0.29) is 11.9 Å². The molecule has 0 spiro atoms. The van der Waals surface area contributed by atoms with Crippen molar-refractivity contribution in [2.45, 2.75) is 38.5 Å². The van der Waals surface area contributed by atoms with Gasteiger partial charge < -0.3 is 9.47 Å². The number of rotatable bonds is 6. The van der Waals surface area contributed by atoms with Gasteiger partial charge in [-0.3, -0.25) is 9.59 Å². The van der Waals surface area contributed by atoms with Crippen LogP contribution in [0.25, 0.3) is 0 Å². The molecule has 4 nitrogen and oxygen atoms in total. The molecule has 0 bridgehead atoms. The fourth-order valence-electron chi connectivity index (χ4n) is 2.85. The maximum atomic E-state index is 12.4. The van der Waals surface area contributed by atoms with Crippen LogP contribution in [0.3, 0.4) is 0 Å². The molecule has 1 aliphatic rings. The van der Waals surface area contributed by atoms with E-state index in [4.69, 9.17) is 9.47 Å². The second-order valence-electron chi connectivity index (χ2n) is 5.58. The number of carbonyl (C=O) groups excluding carboxylic acids is 2. The third-order valence-electron chi connectivity index (χ3n) is 4.02. The fourth-order valence-corrected chi connectivity index (χ4v) is 2.85. The van der Waals surface area contributed by atoms with E-state index < -0.39 is 0 Å². The van der Waals surface area contributed by atoms with Crippen molar-refractivity contribution in [2.24, 2.45) is 5.92 Å². The van der Waals surface area contributed by atoms with Crippen LogP contribution in [0.2, 0.25) is 0 Å². The molecule has 1 aromatic carbocycles. The summed E-state index contributed by atoms with van der Waals surface area (Å²) >= 11 is 0. The molecule has 2 rings (SSSR count). The lowest BCUT2D eigenvalue weighted by molar-refractivity contribution is -0.140. The maximum absolute atomic E-state index is 12.4. The molecule has 0 amide bonds. The highest BCUT2D eigenvalue weighted by molar-refractivity contribution is 5.80. The highest BCUT2D eigenvalue weighted by Gasteiger charge is 2.25. The summed E-state index contributed by atoms with van der Waals surface area (Å²) in [6.45, 7) is 3.71. The number of ether oxygens (including phenoxy) is 2. The summed E-state index contributed by atoms with van der Waals surface area (Å²) in [5.74, 6) is 0.567. The SMILES string of the molecule is C=CCc1cc(C=O)cc(OC)c1OC(=O)C1CCCCC1. The van der Waals surface area contributed by atoms with E-state index in [1.165, 1.54) is 13.5 Å². The summed E-state index contributed by atoms with van der Waals surface area (Å²) < 4.78 is 10.9. The molecule has 0 saturated heterocycles. The van der Waals surface area contributed by atoms with Gasteiger partial charge in [0, 0.05) is 11.1 Å². The van der Waals surface area contributed by atoms with Gasteiger partial charge in [-0.25, -0.2) is 0 Å². The highest BCUT2D eigenvalue weighted by atomic mass is 16.6. The average Bonchev–Trinajstić information content (AvgIpc) is 2.57. The number of allylic oxidation sites excluding steroid dienone is 1. The molecule has 1 saturated carbocycles. The number of carbonyl (C=O) groups is 2. The van der Waals surface area contributed by atoms with Gasteiger partial charge in [0.25, 0.3) is 0 Å². The molecule has 1 aromatic rings. The maximum Gasteiger partial charge on any atom is 0.314 e. The van der Waals surface area contributed by atoms with Crippen LogP contribution in [-0.2, 0) is 11.2 Å². The van der Waals surface area contributed by atoms with Crippen molar-refractivity contribution in [1.29, 1.82) is 0 Å². The smallest absolute Gasteiger partial charge is 0.314 e. The lowest BCUT2D eigenvalue weighted by atomic mass is 9.89.